The van der Waals surface area contributed by atoms with Crippen molar-refractivity contribution in [2.45, 2.75) is 43.6 Å². The van der Waals surface area contributed by atoms with E-state index < -0.39 is 36.2 Å². The lowest BCUT2D eigenvalue weighted by Gasteiger charge is -2.39. The Morgan fingerprint density at radius 3 is 2.52 bits per heavy atom. The lowest BCUT2D eigenvalue weighted by atomic mass is 9.69. The number of aliphatic hydroxyl groups is 1. The van der Waals surface area contributed by atoms with E-state index in [9.17, 15) is 22.7 Å². The van der Waals surface area contributed by atoms with Crippen molar-refractivity contribution in [2.24, 2.45) is 0 Å². The molecule has 4 nitrogen and oxygen atoms in total. The van der Waals surface area contributed by atoms with E-state index in [1.807, 2.05) is 13.1 Å². The van der Waals surface area contributed by atoms with Crippen LogP contribution in [0.2, 0.25) is 0 Å². The summed E-state index contributed by atoms with van der Waals surface area (Å²) in [5.41, 5.74) is 0.180. The van der Waals surface area contributed by atoms with Crippen LogP contribution in [0, 0.1) is 0 Å². The zero-order valence-electron chi connectivity index (χ0n) is 13.5. The van der Waals surface area contributed by atoms with E-state index in [4.69, 9.17) is 0 Å². The van der Waals surface area contributed by atoms with Gasteiger partial charge in [-0.3, -0.25) is 0 Å². The highest BCUT2D eigenvalue weighted by molar-refractivity contribution is 5.49. The second-order valence-electron chi connectivity index (χ2n) is 6.37. The number of ether oxygens (including phenoxy) is 2. The van der Waals surface area contributed by atoms with E-state index in [0.29, 0.717) is 12.0 Å². The Bertz CT molecular complexity index is 655. The molecule has 1 aromatic rings. The van der Waals surface area contributed by atoms with Crippen molar-refractivity contribution in [2.75, 3.05) is 13.6 Å². The van der Waals surface area contributed by atoms with Crippen LogP contribution in [0.3, 0.4) is 0 Å². The number of aliphatic hydroxyl groups excluding tert-OH is 1. The third-order valence-corrected chi connectivity index (χ3v) is 5.00. The standard InChI is InChI=1S/C17H19F4NO3/c1-22-7-6-17(5-4-11(23)9-14(17)22)10-2-3-12(24-15(18)19)13(8-10)25-16(20)21/h2-5,8,11,14-16,23H,6-7,9H2,1H3/t11?,14?,17-/m0/s1. The van der Waals surface area contributed by atoms with Gasteiger partial charge in [0.15, 0.2) is 11.5 Å². The number of likely N-dealkylation sites (tertiary alicyclic amines) is 1. The molecular weight excluding hydrogens is 342 g/mol. The maximum absolute atomic E-state index is 12.7. The smallest absolute Gasteiger partial charge is 0.387 e. The molecule has 1 fully saturated rings. The first kappa shape index (κ1) is 18.0. The number of rotatable bonds is 5. The maximum atomic E-state index is 12.7. The Morgan fingerprint density at radius 2 is 1.84 bits per heavy atom. The summed E-state index contributed by atoms with van der Waals surface area (Å²) < 4.78 is 59.0. The van der Waals surface area contributed by atoms with E-state index in [1.165, 1.54) is 12.1 Å². The molecule has 0 saturated carbocycles. The topological polar surface area (TPSA) is 41.9 Å². The normalized spacial score (nSPS) is 29.3. The minimum absolute atomic E-state index is 0.0197. The zero-order chi connectivity index (χ0) is 18.2. The summed E-state index contributed by atoms with van der Waals surface area (Å²) in [4.78, 5) is 2.10. The van der Waals surface area contributed by atoms with Gasteiger partial charge in [-0.1, -0.05) is 18.2 Å². The van der Waals surface area contributed by atoms with E-state index >= 15 is 0 Å². The summed E-state index contributed by atoms with van der Waals surface area (Å²) >= 11 is 0. The van der Waals surface area contributed by atoms with Crippen molar-refractivity contribution in [3.8, 4) is 11.5 Å². The van der Waals surface area contributed by atoms with E-state index in [-0.39, 0.29) is 6.04 Å². The van der Waals surface area contributed by atoms with Crippen LogP contribution < -0.4 is 9.47 Å². The van der Waals surface area contributed by atoms with Crippen LogP contribution >= 0.6 is 0 Å². The van der Waals surface area contributed by atoms with Crippen molar-refractivity contribution in [1.29, 1.82) is 0 Å². The molecule has 3 rings (SSSR count). The summed E-state index contributed by atoms with van der Waals surface area (Å²) in [6.45, 7) is -5.53. The van der Waals surface area contributed by atoms with Gasteiger partial charge in [0.1, 0.15) is 0 Å². The molecule has 0 spiro atoms. The van der Waals surface area contributed by atoms with Gasteiger partial charge in [-0.25, -0.2) is 0 Å². The number of alkyl halides is 4. The fourth-order valence-corrected chi connectivity index (χ4v) is 3.86. The van der Waals surface area contributed by atoms with Crippen LogP contribution in [0.1, 0.15) is 18.4 Å². The molecule has 1 aliphatic carbocycles. The molecular formula is C17H19F4NO3. The van der Waals surface area contributed by atoms with Crippen LogP contribution in [-0.2, 0) is 5.41 Å². The highest BCUT2D eigenvalue weighted by Gasteiger charge is 2.48. The largest absolute Gasteiger partial charge is 0.431 e. The quantitative estimate of drug-likeness (QED) is 0.646. The van der Waals surface area contributed by atoms with Crippen molar-refractivity contribution in [3.63, 3.8) is 0 Å². The van der Waals surface area contributed by atoms with Gasteiger partial charge in [-0.15, -0.1) is 0 Å². The van der Waals surface area contributed by atoms with Gasteiger partial charge in [0.05, 0.1) is 6.10 Å². The number of benzene rings is 1. The van der Waals surface area contributed by atoms with Crippen molar-refractivity contribution in [3.05, 3.63) is 35.9 Å². The van der Waals surface area contributed by atoms with Crippen molar-refractivity contribution < 1.29 is 32.1 Å². The van der Waals surface area contributed by atoms with Gasteiger partial charge >= 0.3 is 13.2 Å². The maximum Gasteiger partial charge on any atom is 0.387 e. The molecule has 2 unspecified atom stereocenters. The number of hydrogen-bond donors (Lipinski definition) is 1. The highest BCUT2D eigenvalue weighted by atomic mass is 19.3. The molecule has 1 aromatic carbocycles. The molecule has 8 heteroatoms. The molecule has 2 aliphatic rings. The average Bonchev–Trinajstić information content (AvgIpc) is 2.86. The Hall–Kier alpha value is -1.80. The molecule has 0 bridgehead atoms. The van der Waals surface area contributed by atoms with Crippen LogP contribution in [-0.4, -0.2) is 49.0 Å². The van der Waals surface area contributed by atoms with Crippen LogP contribution in [0.4, 0.5) is 17.6 Å². The predicted octanol–water partition coefficient (Wildman–Crippen LogP) is 3.15. The molecule has 0 radical (unpaired) electrons. The summed E-state index contributed by atoms with van der Waals surface area (Å²) in [7, 11) is 1.93. The molecule has 1 saturated heterocycles. The summed E-state index contributed by atoms with van der Waals surface area (Å²) in [6, 6.07) is 4.12. The highest BCUT2D eigenvalue weighted by Crippen LogP contribution is 2.47. The summed E-state index contributed by atoms with van der Waals surface area (Å²) in [5.74, 6) is -0.854. The molecule has 1 N–H and O–H groups in total. The molecule has 0 aromatic heterocycles. The SMILES string of the molecule is CN1CC[C@]2(c3ccc(OC(F)F)c(OC(F)F)c3)C=CC(O)CC12. The lowest BCUT2D eigenvalue weighted by molar-refractivity contribution is -0.0693. The van der Waals surface area contributed by atoms with Crippen molar-refractivity contribution >= 4 is 0 Å². The number of fused-ring (bicyclic) bond motifs is 1. The summed E-state index contributed by atoms with van der Waals surface area (Å²) in [6.07, 6.45) is 4.22. The van der Waals surface area contributed by atoms with Crippen LogP contribution in [0.5, 0.6) is 11.5 Å². The lowest BCUT2D eigenvalue weighted by Crippen LogP contribution is -2.44. The third kappa shape index (κ3) is 3.46. The van der Waals surface area contributed by atoms with E-state index in [0.717, 1.165) is 13.0 Å². The summed E-state index contributed by atoms with van der Waals surface area (Å²) in [5, 5.41) is 9.91. The van der Waals surface area contributed by atoms with Gasteiger partial charge in [-0.2, -0.15) is 17.6 Å². The third-order valence-electron chi connectivity index (χ3n) is 5.00. The first-order chi connectivity index (χ1) is 11.8. The zero-order valence-corrected chi connectivity index (χ0v) is 13.5. The fourth-order valence-electron chi connectivity index (χ4n) is 3.86. The van der Waals surface area contributed by atoms with Crippen LogP contribution in [0.15, 0.2) is 30.4 Å². The van der Waals surface area contributed by atoms with Gasteiger partial charge in [0, 0.05) is 11.5 Å². The molecule has 0 amide bonds. The van der Waals surface area contributed by atoms with Gasteiger partial charge in [0.25, 0.3) is 0 Å². The number of halogens is 4. The van der Waals surface area contributed by atoms with Gasteiger partial charge in [0.2, 0.25) is 0 Å². The number of likely N-dealkylation sites (N-methyl/N-ethyl adjacent to an activating group) is 1. The fraction of sp³-hybridized carbons (Fsp3) is 0.529. The molecule has 1 aliphatic heterocycles. The average molecular weight is 361 g/mol. The monoisotopic (exact) mass is 361 g/mol. The van der Waals surface area contributed by atoms with E-state index in [1.54, 1.807) is 12.1 Å². The Kier molecular flexibility index (Phi) is 4.92. The Labute approximate surface area is 142 Å². The van der Waals surface area contributed by atoms with Gasteiger partial charge < -0.3 is 19.5 Å². The Morgan fingerprint density at radius 1 is 1.16 bits per heavy atom. The van der Waals surface area contributed by atoms with Gasteiger partial charge in [-0.05, 0) is 44.1 Å². The number of hydrogen-bond acceptors (Lipinski definition) is 4. The molecule has 1 heterocycles. The first-order valence-electron chi connectivity index (χ1n) is 7.93. The minimum atomic E-state index is -3.15. The molecule has 25 heavy (non-hydrogen) atoms. The number of nitrogens with zero attached hydrogens (tertiary/aromatic N) is 1. The Balaban J connectivity index is 2.02. The molecule has 3 atom stereocenters. The second-order valence-corrected chi connectivity index (χ2v) is 6.37. The second kappa shape index (κ2) is 6.84. The minimum Gasteiger partial charge on any atom is -0.431 e. The van der Waals surface area contributed by atoms with Crippen molar-refractivity contribution in [1.82, 2.24) is 4.90 Å². The predicted molar refractivity (Wildman–Crippen MR) is 82.2 cm³/mol. The molecule has 138 valence electrons. The van der Waals surface area contributed by atoms with E-state index in [2.05, 4.69) is 14.4 Å². The first-order valence-corrected chi connectivity index (χ1v) is 7.93. The van der Waals surface area contributed by atoms with Crippen LogP contribution in [0.25, 0.3) is 0 Å².